The average molecular weight is 311 g/mol. The first kappa shape index (κ1) is 14.9. The lowest BCUT2D eigenvalue weighted by atomic mass is 10.2. The van der Waals surface area contributed by atoms with Crippen LogP contribution in [0, 0.1) is 11.6 Å². The van der Waals surface area contributed by atoms with E-state index < -0.39 is 23.6 Å². The molecule has 0 heterocycles. The number of hydrogen-bond acceptors (Lipinski definition) is 2. The highest BCUT2D eigenvalue weighted by Gasteiger charge is 2.14. The Morgan fingerprint density at radius 2 is 1.57 bits per heavy atom. The number of nitrogens with one attached hydrogen (secondary N) is 2. The Hall–Kier alpha value is -2.47. The van der Waals surface area contributed by atoms with Gasteiger partial charge in [-0.3, -0.25) is 10.1 Å². The van der Waals surface area contributed by atoms with Gasteiger partial charge in [0.15, 0.2) is 0 Å². The molecule has 0 saturated carbocycles. The first-order chi connectivity index (χ1) is 9.95. The van der Waals surface area contributed by atoms with Gasteiger partial charge < -0.3 is 5.32 Å². The van der Waals surface area contributed by atoms with Crippen LogP contribution >= 0.6 is 11.6 Å². The number of carbonyl (C=O) groups excluding carboxylic acids is 2. The van der Waals surface area contributed by atoms with Crippen LogP contribution < -0.4 is 10.6 Å². The van der Waals surface area contributed by atoms with Crippen LogP contribution in [0.25, 0.3) is 0 Å². The molecule has 0 aliphatic heterocycles. The summed E-state index contributed by atoms with van der Waals surface area (Å²) in [6.07, 6.45) is 0. The van der Waals surface area contributed by atoms with Gasteiger partial charge in [-0.25, -0.2) is 13.6 Å². The highest BCUT2D eigenvalue weighted by Crippen LogP contribution is 2.17. The molecule has 0 aliphatic rings. The maximum Gasteiger partial charge on any atom is 0.326 e. The van der Waals surface area contributed by atoms with Crippen molar-refractivity contribution in [2.45, 2.75) is 0 Å². The fourth-order valence-corrected chi connectivity index (χ4v) is 1.74. The Bertz CT molecular complexity index is 690. The van der Waals surface area contributed by atoms with Crippen molar-refractivity contribution in [3.8, 4) is 0 Å². The number of anilines is 1. The molecule has 2 aromatic carbocycles. The Kier molecular flexibility index (Phi) is 4.49. The van der Waals surface area contributed by atoms with Gasteiger partial charge in [-0.05, 0) is 42.5 Å². The number of urea groups is 1. The molecule has 21 heavy (non-hydrogen) atoms. The number of benzene rings is 2. The molecule has 0 saturated heterocycles. The molecule has 0 unspecified atom stereocenters. The first-order valence-electron chi connectivity index (χ1n) is 5.78. The predicted molar refractivity (Wildman–Crippen MR) is 74.3 cm³/mol. The highest BCUT2D eigenvalue weighted by molar-refractivity contribution is 6.34. The molecule has 2 N–H and O–H groups in total. The number of halogens is 3. The van der Waals surface area contributed by atoms with Crippen LogP contribution in [0.3, 0.4) is 0 Å². The largest absolute Gasteiger partial charge is 0.326 e. The van der Waals surface area contributed by atoms with Gasteiger partial charge in [0, 0.05) is 5.69 Å². The van der Waals surface area contributed by atoms with E-state index in [4.69, 9.17) is 11.6 Å². The van der Waals surface area contributed by atoms with Gasteiger partial charge in [0.1, 0.15) is 11.6 Å². The maximum atomic E-state index is 13.1. The van der Waals surface area contributed by atoms with Gasteiger partial charge >= 0.3 is 6.03 Å². The molecule has 0 radical (unpaired) electrons. The zero-order valence-electron chi connectivity index (χ0n) is 10.5. The second-order valence-electron chi connectivity index (χ2n) is 4.04. The molecule has 4 nitrogen and oxygen atoms in total. The molecule has 0 aliphatic carbocycles. The number of rotatable bonds is 2. The zero-order chi connectivity index (χ0) is 15.4. The summed E-state index contributed by atoms with van der Waals surface area (Å²) in [7, 11) is 0. The Morgan fingerprint density at radius 3 is 2.24 bits per heavy atom. The smallest absolute Gasteiger partial charge is 0.308 e. The molecule has 0 fully saturated rings. The molecule has 0 spiro atoms. The molecule has 0 bridgehead atoms. The van der Waals surface area contributed by atoms with Crippen molar-refractivity contribution in [2.24, 2.45) is 0 Å². The second-order valence-corrected chi connectivity index (χ2v) is 4.45. The van der Waals surface area contributed by atoms with Crippen molar-refractivity contribution < 1.29 is 18.4 Å². The van der Waals surface area contributed by atoms with Gasteiger partial charge in [0.2, 0.25) is 0 Å². The standard InChI is InChI=1S/C14H9ClF2N2O2/c15-12-6-3-9(17)7-11(12)13(20)19-14(21)18-10-4-1-8(16)2-5-10/h1-7H,(H2,18,19,20,21). The van der Waals surface area contributed by atoms with E-state index in [1.165, 1.54) is 18.2 Å². The number of imide groups is 1. The van der Waals surface area contributed by atoms with Gasteiger partial charge in [-0.1, -0.05) is 11.6 Å². The predicted octanol–water partition coefficient (Wildman–Crippen LogP) is 3.58. The van der Waals surface area contributed by atoms with Crippen LogP contribution in [0.15, 0.2) is 42.5 Å². The quantitative estimate of drug-likeness (QED) is 0.890. The summed E-state index contributed by atoms with van der Waals surface area (Å²) >= 11 is 5.75. The van der Waals surface area contributed by atoms with E-state index in [0.717, 1.165) is 24.3 Å². The van der Waals surface area contributed by atoms with E-state index in [-0.39, 0.29) is 10.6 Å². The van der Waals surface area contributed by atoms with Gasteiger partial charge in [-0.15, -0.1) is 0 Å². The van der Waals surface area contributed by atoms with Crippen LogP contribution in [0.4, 0.5) is 19.3 Å². The highest BCUT2D eigenvalue weighted by atomic mass is 35.5. The third-order valence-corrected chi connectivity index (χ3v) is 2.83. The topological polar surface area (TPSA) is 58.2 Å². The fourth-order valence-electron chi connectivity index (χ4n) is 1.54. The van der Waals surface area contributed by atoms with Crippen molar-refractivity contribution in [1.82, 2.24) is 5.32 Å². The average Bonchev–Trinajstić information content (AvgIpc) is 2.44. The minimum atomic E-state index is -0.848. The summed E-state index contributed by atoms with van der Waals surface area (Å²) in [4.78, 5) is 23.4. The van der Waals surface area contributed by atoms with Crippen molar-refractivity contribution in [1.29, 1.82) is 0 Å². The second kappa shape index (κ2) is 6.32. The summed E-state index contributed by atoms with van der Waals surface area (Å²) in [5.74, 6) is -1.95. The summed E-state index contributed by atoms with van der Waals surface area (Å²) < 4.78 is 25.8. The van der Waals surface area contributed by atoms with E-state index in [0.29, 0.717) is 5.69 Å². The zero-order valence-corrected chi connectivity index (χ0v) is 11.2. The SMILES string of the molecule is O=C(NC(=O)c1cc(F)ccc1Cl)Nc1ccc(F)cc1. The number of carbonyl (C=O) groups is 2. The summed E-state index contributed by atoms with van der Waals surface area (Å²) in [6, 6.07) is 7.35. The van der Waals surface area contributed by atoms with Gasteiger partial charge in [0.05, 0.1) is 10.6 Å². The Morgan fingerprint density at radius 1 is 0.952 bits per heavy atom. The van der Waals surface area contributed by atoms with E-state index in [2.05, 4.69) is 5.32 Å². The van der Waals surface area contributed by atoms with Crippen LogP contribution in [0.1, 0.15) is 10.4 Å². The van der Waals surface area contributed by atoms with Crippen LogP contribution in [-0.2, 0) is 0 Å². The molecule has 2 rings (SSSR count). The van der Waals surface area contributed by atoms with E-state index in [9.17, 15) is 18.4 Å². The van der Waals surface area contributed by atoms with Crippen molar-refractivity contribution in [3.63, 3.8) is 0 Å². The lowest BCUT2D eigenvalue weighted by molar-refractivity contribution is 0.0967. The first-order valence-corrected chi connectivity index (χ1v) is 6.16. The van der Waals surface area contributed by atoms with Crippen LogP contribution in [0.2, 0.25) is 5.02 Å². The lowest BCUT2D eigenvalue weighted by Gasteiger charge is -2.07. The summed E-state index contributed by atoms with van der Waals surface area (Å²) in [5, 5.41) is 4.34. The van der Waals surface area contributed by atoms with E-state index in [1.807, 2.05) is 5.32 Å². The van der Waals surface area contributed by atoms with Crippen molar-refractivity contribution in [2.75, 3.05) is 5.32 Å². The summed E-state index contributed by atoms with van der Waals surface area (Å²) in [6.45, 7) is 0. The summed E-state index contributed by atoms with van der Waals surface area (Å²) in [5.41, 5.74) is 0.137. The molecule has 0 aromatic heterocycles. The van der Waals surface area contributed by atoms with Gasteiger partial charge in [-0.2, -0.15) is 0 Å². The molecular weight excluding hydrogens is 302 g/mol. The molecule has 0 atom stereocenters. The Balaban J connectivity index is 2.03. The van der Waals surface area contributed by atoms with Crippen molar-refractivity contribution >= 4 is 29.2 Å². The van der Waals surface area contributed by atoms with E-state index >= 15 is 0 Å². The molecular formula is C14H9ClF2N2O2. The Labute approximate surface area is 123 Å². The van der Waals surface area contributed by atoms with E-state index in [1.54, 1.807) is 0 Å². The molecule has 7 heteroatoms. The lowest BCUT2D eigenvalue weighted by Crippen LogP contribution is -2.34. The minimum Gasteiger partial charge on any atom is -0.308 e. The fraction of sp³-hybridized carbons (Fsp3) is 0. The normalized spacial score (nSPS) is 10.0. The third kappa shape index (κ3) is 4.00. The minimum absolute atomic E-state index is 0.0171. The van der Waals surface area contributed by atoms with Gasteiger partial charge in [0.25, 0.3) is 5.91 Å². The molecule has 3 amide bonds. The monoisotopic (exact) mass is 310 g/mol. The molecule has 108 valence electrons. The van der Waals surface area contributed by atoms with Crippen molar-refractivity contribution in [3.05, 3.63) is 64.7 Å². The third-order valence-electron chi connectivity index (χ3n) is 2.50. The number of amides is 3. The van der Waals surface area contributed by atoms with Crippen LogP contribution in [-0.4, -0.2) is 11.9 Å². The maximum absolute atomic E-state index is 13.1. The molecule has 2 aromatic rings. The number of hydrogen-bond donors (Lipinski definition) is 2. The van der Waals surface area contributed by atoms with Crippen LogP contribution in [0.5, 0.6) is 0 Å².